The minimum Gasteiger partial charge on any atom is -0.394 e. The maximum absolute atomic E-state index is 12.7. The Hall–Kier alpha value is -2.34. The molecule has 1 rings (SSSR count). The van der Waals surface area contributed by atoms with Gasteiger partial charge in [-0.2, -0.15) is 26.3 Å². The van der Waals surface area contributed by atoms with Crippen LogP contribution in [-0.4, -0.2) is 43.3 Å². The van der Waals surface area contributed by atoms with Gasteiger partial charge in [0, 0.05) is 12.2 Å². The summed E-state index contributed by atoms with van der Waals surface area (Å²) in [5.74, 6) is -2.72. The first-order chi connectivity index (χ1) is 11.9. The standard InChI is InChI=1S/C14H14F6N2O4/c15-13(16,17)8-5-9(14(18,19)20)7-10(6-8)22-12(25)11(24)21-1-3-26-4-2-23/h5-7,23H,1-4H2,(H,21,24)(H,22,25). The molecule has 0 aliphatic rings. The van der Waals surface area contributed by atoms with Gasteiger partial charge in [-0.1, -0.05) is 0 Å². The summed E-state index contributed by atoms with van der Waals surface area (Å²) in [4.78, 5) is 23.1. The van der Waals surface area contributed by atoms with Crippen LogP contribution in [0.3, 0.4) is 0 Å². The van der Waals surface area contributed by atoms with Gasteiger partial charge in [0.15, 0.2) is 0 Å². The molecule has 0 fully saturated rings. The predicted octanol–water partition coefficient (Wildman–Crippen LogP) is 1.79. The maximum atomic E-state index is 12.7. The highest BCUT2D eigenvalue weighted by Gasteiger charge is 2.37. The lowest BCUT2D eigenvalue weighted by atomic mass is 10.1. The van der Waals surface area contributed by atoms with Crippen molar-refractivity contribution in [2.24, 2.45) is 0 Å². The van der Waals surface area contributed by atoms with Crippen molar-refractivity contribution in [2.75, 3.05) is 31.7 Å². The topological polar surface area (TPSA) is 87.7 Å². The Labute approximate surface area is 143 Å². The van der Waals surface area contributed by atoms with Crippen molar-refractivity contribution in [2.45, 2.75) is 12.4 Å². The number of carbonyl (C=O) groups is 2. The number of amides is 2. The molecule has 0 bridgehead atoms. The summed E-state index contributed by atoms with van der Waals surface area (Å²) in [6, 6.07) is 0.462. The number of halogens is 6. The summed E-state index contributed by atoms with van der Waals surface area (Å²) in [7, 11) is 0. The van der Waals surface area contributed by atoms with E-state index in [0.29, 0.717) is 0 Å². The normalized spacial score (nSPS) is 12.0. The largest absolute Gasteiger partial charge is 0.416 e. The van der Waals surface area contributed by atoms with Gasteiger partial charge in [0.25, 0.3) is 0 Å². The van der Waals surface area contributed by atoms with Gasteiger partial charge in [0.05, 0.1) is 30.9 Å². The summed E-state index contributed by atoms with van der Waals surface area (Å²) in [6.07, 6.45) is -10.2. The highest BCUT2D eigenvalue weighted by molar-refractivity contribution is 6.39. The lowest BCUT2D eigenvalue weighted by Crippen LogP contribution is -2.37. The van der Waals surface area contributed by atoms with Crippen molar-refractivity contribution in [3.05, 3.63) is 29.3 Å². The molecule has 2 amide bonds. The number of hydrogen-bond donors (Lipinski definition) is 3. The maximum Gasteiger partial charge on any atom is 0.416 e. The number of aliphatic hydroxyl groups excluding tert-OH is 1. The van der Waals surface area contributed by atoms with Gasteiger partial charge in [-0.15, -0.1) is 0 Å². The minimum absolute atomic E-state index is 0.00742. The fourth-order valence-electron chi connectivity index (χ4n) is 1.70. The number of benzene rings is 1. The zero-order valence-corrected chi connectivity index (χ0v) is 13.0. The molecule has 0 saturated heterocycles. The van der Waals surface area contributed by atoms with Crippen LogP contribution < -0.4 is 10.6 Å². The van der Waals surface area contributed by atoms with Gasteiger partial charge in [-0.05, 0) is 18.2 Å². The molecule has 0 aromatic heterocycles. The van der Waals surface area contributed by atoms with Crippen LogP contribution in [0.2, 0.25) is 0 Å². The van der Waals surface area contributed by atoms with Crippen LogP contribution in [0.1, 0.15) is 11.1 Å². The first-order valence-corrected chi connectivity index (χ1v) is 7.02. The Bertz CT molecular complexity index is 613. The summed E-state index contributed by atoms with van der Waals surface area (Å²) in [6.45, 7) is -0.470. The van der Waals surface area contributed by atoms with Crippen molar-refractivity contribution in [3.63, 3.8) is 0 Å². The van der Waals surface area contributed by atoms with Crippen molar-refractivity contribution in [1.82, 2.24) is 5.32 Å². The second kappa shape index (κ2) is 8.85. The van der Waals surface area contributed by atoms with Crippen molar-refractivity contribution < 1.29 is 45.8 Å². The summed E-state index contributed by atoms with van der Waals surface area (Å²) >= 11 is 0. The SMILES string of the molecule is O=C(NCCOCCO)C(=O)Nc1cc(C(F)(F)F)cc(C(F)(F)F)c1. The molecule has 146 valence electrons. The predicted molar refractivity (Wildman–Crippen MR) is 76.0 cm³/mol. The molecule has 1 aromatic carbocycles. The molecule has 0 atom stereocenters. The molecule has 0 heterocycles. The summed E-state index contributed by atoms with van der Waals surface area (Å²) in [5.41, 5.74) is -4.08. The number of anilines is 1. The van der Waals surface area contributed by atoms with E-state index < -0.39 is 41.0 Å². The smallest absolute Gasteiger partial charge is 0.394 e. The number of hydrogen-bond acceptors (Lipinski definition) is 4. The molecule has 12 heteroatoms. The van der Waals surface area contributed by atoms with Crippen LogP contribution in [0.25, 0.3) is 0 Å². The van der Waals surface area contributed by atoms with Crippen LogP contribution >= 0.6 is 0 Å². The van der Waals surface area contributed by atoms with Gasteiger partial charge in [-0.3, -0.25) is 9.59 Å². The lowest BCUT2D eigenvalue weighted by molar-refractivity contribution is -0.143. The number of aliphatic hydroxyl groups is 1. The third kappa shape index (κ3) is 6.88. The van der Waals surface area contributed by atoms with E-state index in [9.17, 15) is 35.9 Å². The molecule has 6 nitrogen and oxygen atoms in total. The quantitative estimate of drug-likeness (QED) is 0.394. The molecule has 3 N–H and O–H groups in total. The van der Waals surface area contributed by atoms with Crippen LogP contribution in [0.4, 0.5) is 32.0 Å². The van der Waals surface area contributed by atoms with Crippen LogP contribution in [-0.2, 0) is 26.7 Å². The van der Waals surface area contributed by atoms with E-state index >= 15 is 0 Å². The fraction of sp³-hybridized carbons (Fsp3) is 0.429. The Morgan fingerprint density at radius 1 is 0.923 bits per heavy atom. The Morgan fingerprint density at radius 3 is 1.92 bits per heavy atom. The molecule has 0 spiro atoms. The zero-order valence-electron chi connectivity index (χ0n) is 13.0. The zero-order chi connectivity index (χ0) is 20.0. The third-order valence-corrected chi connectivity index (χ3v) is 2.82. The second-order valence-electron chi connectivity index (χ2n) is 4.84. The van der Waals surface area contributed by atoms with E-state index in [1.165, 1.54) is 0 Å². The number of carbonyl (C=O) groups excluding carboxylic acids is 2. The number of nitrogens with one attached hydrogen (secondary N) is 2. The molecule has 0 radical (unpaired) electrons. The number of rotatable bonds is 6. The van der Waals surface area contributed by atoms with Crippen LogP contribution in [0.15, 0.2) is 18.2 Å². The van der Waals surface area contributed by atoms with Crippen molar-refractivity contribution in [3.8, 4) is 0 Å². The average molecular weight is 388 g/mol. The first kappa shape index (κ1) is 21.7. The molecule has 26 heavy (non-hydrogen) atoms. The average Bonchev–Trinajstić information content (AvgIpc) is 2.52. The van der Waals surface area contributed by atoms with Gasteiger partial charge >= 0.3 is 24.2 Å². The molecular formula is C14H14F6N2O4. The number of alkyl halides is 6. The monoisotopic (exact) mass is 388 g/mol. The second-order valence-corrected chi connectivity index (χ2v) is 4.84. The van der Waals surface area contributed by atoms with Gasteiger partial charge in [0.2, 0.25) is 0 Å². The van der Waals surface area contributed by atoms with E-state index in [-0.39, 0.29) is 44.6 Å². The van der Waals surface area contributed by atoms with Crippen molar-refractivity contribution >= 4 is 17.5 Å². The Morgan fingerprint density at radius 2 is 1.46 bits per heavy atom. The molecule has 1 aromatic rings. The van der Waals surface area contributed by atoms with Gasteiger partial charge < -0.3 is 20.5 Å². The fourth-order valence-corrected chi connectivity index (χ4v) is 1.70. The lowest BCUT2D eigenvalue weighted by Gasteiger charge is -2.14. The Kier molecular flexibility index (Phi) is 7.39. The van der Waals surface area contributed by atoms with E-state index in [4.69, 9.17) is 9.84 Å². The Balaban J connectivity index is 2.84. The molecule has 0 unspecified atom stereocenters. The summed E-state index contributed by atoms with van der Waals surface area (Å²) in [5, 5.41) is 12.2. The highest BCUT2D eigenvalue weighted by atomic mass is 19.4. The van der Waals surface area contributed by atoms with E-state index in [1.54, 1.807) is 5.32 Å². The summed E-state index contributed by atoms with van der Waals surface area (Å²) < 4.78 is 81.0. The third-order valence-electron chi connectivity index (χ3n) is 2.82. The van der Waals surface area contributed by atoms with E-state index in [0.717, 1.165) is 0 Å². The van der Waals surface area contributed by atoms with E-state index in [2.05, 4.69) is 0 Å². The van der Waals surface area contributed by atoms with Crippen LogP contribution in [0.5, 0.6) is 0 Å². The number of ether oxygens (including phenoxy) is 1. The van der Waals surface area contributed by atoms with Gasteiger partial charge in [-0.25, -0.2) is 0 Å². The first-order valence-electron chi connectivity index (χ1n) is 7.02. The van der Waals surface area contributed by atoms with Crippen LogP contribution in [0, 0.1) is 0 Å². The molecule has 0 aliphatic carbocycles. The highest BCUT2D eigenvalue weighted by Crippen LogP contribution is 2.37. The molecule has 0 aliphatic heterocycles. The molecular weight excluding hydrogens is 374 g/mol. The minimum atomic E-state index is -5.08. The molecule has 0 saturated carbocycles. The van der Waals surface area contributed by atoms with Gasteiger partial charge in [0.1, 0.15) is 0 Å². The van der Waals surface area contributed by atoms with Crippen molar-refractivity contribution in [1.29, 1.82) is 0 Å². The van der Waals surface area contributed by atoms with E-state index in [1.807, 2.05) is 5.32 Å².